The number of aromatic nitrogens is 3. The van der Waals surface area contributed by atoms with Gasteiger partial charge in [0.1, 0.15) is 0 Å². The summed E-state index contributed by atoms with van der Waals surface area (Å²) in [5.41, 5.74) is 17.3. The van der Waals surface area contributed by atoms with Gasteiger partial charge in [0.25, 0.3) is 0 Å². The van der Waals surface area contributed by atoms with Crippen LogP contribution in [0.5, 0.6) is 0 Å². The van der Waals surface area contributed by atoms with Crippen LogP contribution in [0.1, 0.15) is 25.0 Å². The Labute approximate surface area is 345 Å². The lowest BCUT2D eigenvalue weighted by Crippen LogP contribution is -2.14. The summed E-state index contributed by atoms with van der Waals surface area (Å²) >= 11 is 0. The molecule has 0 fully saturated rings. The average Bonchev–Trinajstić information content (AvgIpc) is 3.54. The Morgan fingerprint density at radius 1 is 0.339 bits per heavy atom. The van der Waals surface area contributed by atoms with Gasteiger partial charge in [-0.05, 0) is 97.1 Å². The van der Waals surface area contributed by atoms with E-state index < -0.39 is 0 Å². The van der Waals surface area contributed by atoms with Crippen LogP contribution in [0.2, 0.25) is 0 Å². The van der Waals surface area contributed by atoms with E-state index >= 15 is 0 Å². The Kier molecular flexibility index (Phi) is 8.85. The van der Waals surface area contributed by atoms with Gasteiger partial charge in [-0.2, -0.15) is 0 Å². The fourth-order valence-electron chi connectivity index (χ4n) is 8.37. The van der Waals surface area contributed by atoms with Crippen LogP contribution >= 0.6 is 0 Å². The topological polar surface area (TPSA) is 43.0 Å². The molecular weight excluding hydrogens is 717 g/mol. The smallest absolute Gasteiger partial charge is 0.187 e. The Morgan fingerprint density at radius 2 is 0.695 bits per heavy atom. The van der Waals surface area contributed by atoms with Gasteiger partial charge in [0.15, 0.2) is 23.2 Å². The molecule has 0 radical (unpaired) electrons. The largest absolute Gasteiger partial charge is 0.238 e. The number of benzene rings is 8. The number of fused-ring (bicyclic) bond motifs is 3. The van der Waals surface area contributed by atoms with E-state index in [-0.39, 0.29) is 5.41 Å². The quantitative estimate of drug-likeness (QED) is 0.152. The van der Waals surface area contributed by atoms with Crippen LogP contribution in [0.4, 0.5) is 5.69 Å². The van der Waals surface area contributed by atoms with Crippen molar-refractivity contribution >= 4 is 5.69 Å². The first-order chi connectivity index (χ1) is 28.9. The van der Waals surface area contributed by atoms with Gasteiger partial charge in [-0.3, -0.25) is 0 Å². The molecule has 1 aliphatic carbocycles. The summed E-state index contributed by atoms with van der Waals surface area (Å²) in [5, 5.41) is 0. The van der Waals surface area contributed by atoms with Crippen LogP contribution in [0.25, 0.3) is 94.6 Å². The number of nitrogens with zero attached hydrogens (tertiary/aromatic N) is 4. The van der Waals surface area contributed by atoms with Crippen molar-refractivity contribution in [1.29, 1.82) is 0 Å². The van der Waals surface area contributed by atoms with Gasteiger partial charge in [0.05, 0.1) is 6.57 Å². The van der Waals surface area contributed by atoms with E-state index in [0.717, 1.165) is 66.8 Å². The summed E-state index contributed by atoms with van der Waals surface area (Å²) < 4.78 is 0. The molecule has 1 aromatic heterocycles. The van der Waals surface area contributed by atoms with E-state index in [1.54, 1.807) is 0 Å². The van der Waals surface area contributed by atoms with E-state index in [1.165, 1.54) is 16.7 Å². The maximum Gasteiger partial charge on any atom is 0.187 e. The molecule has 10 rings (SSSR count). The number of hydrogen-bond acceptors (Lipinski definition) is 3. The highest BCUT2D eigenvalue weighted by Crippen LogP contribution is 2.50. The molecule has 278 valence electrons. The molecule has 0 amide bonds. The molecule has 0 spiro atoms. The molecule has 4 heteroatoms. The van der Waals surface area contributed by atoms with Gasteiger partial charge in [-0.15, -0.1) is 0 Å². The van der Waals surface area contributed by atoms with Crippen molar-refractivity contribution in [2.24, 2.45) is 0 Å². The van der Waals surface area contributed by atoms with Gasteiger partial charge in [-0.25, -0.2) is 19.8 Å². The molecule has 0 unspecified atom stereocenters. The molecule has 0 N–H and O–H groups in total. The minimum Gasteiger partial charge on any atom is -0.238 e. The zero-order chi connectivity index (χ0) is 39.9. The summed E-state index contributed by atoms with van der Waals surface area (Å²) in [6.45, 7) is 12.1. The predicted molar refractivity (Wildman–Crippen MR) is 242 cm³/mol. The van der Waals surface area contributed by atoms with E-state index in [2.05, 4.69) is 158 Å². The van der Waals surface area contributed by atoms with Crippen molar-refractivity contribution in [1.82, 2.24) is 15.0 Å². The first-order valence-corrected chi connectivity index (χ1v) is 19.9. The second-order valence-electron chi connectivity index (χ2n) is 15.6. The SMILES string of the molecule is [C-]#[N+]c1ccc2c(c1)-c1cc(-c3ccc(-c4ccc(-c5nc(-c6ccccc6)nc(-c6cc(-c7ccccc7)cc(-c7ccccc7)c6)n5)cc4)cc3)ccc1C2(C)C. The summed E-state index contributed by atoms with van der Waals surface area (Å²) in [6, 6.07) is 67.7. The normalized spacial score (nSPS) is 12.4. The number of rotatable bonds is 7. The van der Waals surface area contributed by atoms with Crippen LogP contribution in [0.3, 0.4) is 0 Å². The van der Waals surface area contributed by atoms with Crippen LogP contribution < -0.4 is 0 Å². The average molecular weight is 755 g/mol. The van der Waals surface area contributed by atoms with E-state index in [4.69, 9.17) is 21.5 Å². The van der Waals surface area contributed by atoms with Gasteiger partial charge in [0, 0.05) is 22.1 Å². The zero-order valence-corrected chi connectivity index (χ0v) is 32.8. The zero-order valence-electron chi connectivity index (χ0n) is 32.8. The molecule has 8 aromatic carbocycles. The lowest BCUT2D eigenvalue weighted by molar-refractivity contribution is 0.660. The Hall–Kier alpha value is -7.74. The molecular formula is C55H38N4. The van der Waals surface area contributed by atoms with Gasteiger partial charge in [0.2, 0.25) is 0 Å². The Balaban J connectivity index is 0.992. The lowest BCUT2D eigenvalue weighted by Gasteiger charge is -2.21. The standard InChI is InChI=1S/C55H38N4/c1-55(2)50-29-27-43(34-48(50)49-35-47(56-3)28-30-51(49)55)40-21-19-38(20-22-40)39-23-25-42(26-24-39)53-57-52(41-17-11-6-12-18-41)58-54(59-53)46-32-44(36-13-7-4-8-14-36)31-45(33-46)37-15-9-5-10-16-37/h4-35H,1-2H3. The van der Waals surface area contributed by atoms with Crippen molar-refractivity contribution in [3.8, 4) is 89.8 Å². The first kappa shape index (κ1) is 35.7. The monoisotopic (exact) mass is 754 g/mol. The van der Waals surface area contributed by atoms with Crippen LogP contribution in [-0.2, 0) is 5.41 Å². The van der Waals surface area contributed by atoms with Crippen molar-refractivity contribution in [2.75, 3.05) is 0 Å². The second kappa shape index (κ2) is 14.6. The van der Waals surface area contributed by atoms with Crippen molar-refractivity contribution < 1.29 is 0 Å². The minimum atomic E-state index is -0.106. The molecule has 0 aliphatic heterocycles. The fraction of sp³-hybridized carbons (Fsp3) is 0.0545. The van der Waals surface area contributed by atoms with Crippen molar-refractivity contribution in [3.05, 3.63) is 217 Å². The fourth-order valence-corrected chi connectivity index (χ4v) is 8.37. The van der Waals surface area contributed by atoms with Gasteiger partial charge in [-0.1, -0.05) is 178 Å². The number of hydrogen-bond donors (Lipinski definition) is 0. The molecule has 59 heavy (non-hydrogen) atoms. The predicted octanol–water partition coefficient (Wildman–Crippen LogP) is 14.4. The van der Waals surface area contributed by atoms with Crippen molar-refractivity contribution in [2.45, 2.75) is 19.3 Å². The second-order valence-corrected chi connectivity index (χ2v) is 15.6. The summed E-state index contributed by atoms with van der Waals surface area (Å²) in [4.78, 5) is 19.0. The van der Waals surface area contributed by atoms with Gasteiger partial charge >= 0.3 is 0 Å². The van der Waals surface area contributed by atoms with Crippen molar-refractivity contribution in [3.63, 3.8) is 0 Å². The molecule has 4 nitrogen and oxygen atoms in total. The Morgan fingerprint density at radius 3 is 1.20 bits per heavy atom. The summed E-state index contributed by atoms with van der Waals surface area (Å²) in [6.07, 6.45) is 0. The highest BCUT2D eigenvalue weighted by atomic mass is 15.0. The molecule has 0 atom stereocenters. The van der Waals surface area contributed by atoms with Crippen LogP contribution in [0.15, 0.2) is 194 Å². The molecule has 0 saturated heterocycles. The molecule has 0 bridgehead atoms. The van der Waals surface area contributed by atoms with Crippen LogP contribution in [0, 0.1) is 6.57 Å². The maximum absolute atomic E-state index is 7.57. The summed E-state index contributed by atoms with van der Waals surface area (Å²) in [5.74, 6) is 1.86. The van der Waals surface area contributed by atoms with Crippen LogP contribution in [-0.4, -0.2) is 15.0 Å². The highest BCUT2D eigenvalue weighted by molar-refractivity contribution is 5.87. The minimum absolute atomic E-state index is 0.106. The van der Waals surface area contributed by atoms with E-state index in [1.807, 2.05) is 54.6 Å². The molecule has 9 aromatic rings. The highest BCUT2D eigenvalue weighted by Gasteiger charge is 2.35. The third-order valence-electron chi connectivity index (χ3n) is 11.6. The molecule has 0 saturated carbocycles. The lowest BCUT2D eigenvalue weighted by atomic mass is 9.82. The van der Waals surface area contributed by atoms with E-state index in [9.17, 15) is 0 Å². The third-order valence-corrected chi connectivity index (χ3v) is 11.6. The van der Waals surface area contributed by atoms with Gasteiger partial charge < -0.3 is 0 Å². The molecule has 1 heterocycles. The van der Waals surface area contributed by atoms with E-state index in [0.29, 0.717) is 23.2 Å². The molecule has 1 aliphatic rings. The maximum atomic E-state index is 7.57. The third kappa shape index (κ3) is 6.69. The first-order valence-electron chi connectivity index (χ1n) is 19.9. The Bertz CT molecular complexity index is 2980. The summed E-state index contributed by atoms with van der Waals surface area (Å²) in [7, 11) is 0.